The van der Waals surface area contributed by atoms with Crippen molar-refractivity contribution in [3.8, 4) is 45.6 Å². The maximum absolute atomic E-state index is 6.27. The highest BCUT2D eigenvalue weighted by Crippen LogP contribution is 2.55. The molecule has 12 aromatic carbocycles. The topological polar surface area (TPSA) is 194 Å². The van der Waals surface area contributed by atoms with E-state index in [9.17, 15) is 0 Å². The molecule has 650 valence electrons. The molecule has 0 aliphatic carbocycles. The molecule has 16 nitrogen and oxygen atoms in total. The fourth-order valence-electron chi connectivity index (χ4n) is 16.7. The first-order chi connectivity index (χ1) is 60.4. The molecule has 2 aliphatic rings. The highest BCUT2D eigenvalue weighted by Gasteiger charge is 2.34. The Labute approximate surface area is 755 Å². The number of H-pyrrole nitrogens is 1. The molecule has 17 rings (SSSR count). The van der Waals surface area contributed by atoms with E-state index < -0.39 is 0 Å². The van der Waals surface area contributed by atoms with Crippen molar-refractivity contribution in [1.29, 1.82) is 0 Å². The lowest BCUT2D eigenvalue weighted by atomic mass is 9.87. The highest BCUT2D eigenvalue weighted by molar-refractivity contribution is 6.26. The summed E-state index contributed by atoms with van der Waals surface area (Å²) < 4.78 is 2.00. The van der Waals surface area contributed by atoms with E-state index in [1.807, 2.05) is 16.8 Å². The largest absolute Gasteiger partial charge is 0.354 e. The van der Waals surface area contributed by atoms with Crippen LogP contribution in [0.3, 0.4) is 0 Å². The van der Waals surface area contributed by atoms with Crippen molar-refractivity contribution >= 4 is 129 Å². The predicted molar refractivity (Wildman–Crippen MR) is 543 cm³/mol. The number of nitrogens with one attached hydrogen (secondary N) is 9. The first kappa shape index (κ1) is 86.5. The molecule has 0 unspecified atom stereocenters. The molecule has 8 bridgehead atoms. The van der Waals surface area contributed by atoms with E-state index in [1.165, 1.54) is 44.5 Å². The number of aromatic amines is 1. The van der Waals surface area contributed by atoms with Gasteiger partial charge in [0.2, 0.25) is 0 Å². The zero-order valence-electron chi connectivity index (χ0n) is 78.8. The van der Waals surface area contributed by atoms with Crippen LogP contribution in [0.5, 0.6) is 0 Å². The van der Waals surface area contributed by atoms with Gasteiger partial charge in [-0.15, -0.1) is 0 Å². The fourth-order valence-corrected chi connectivity index (χ4v) is 16.7. The Bertz CT molecular complexity index is 6900. The van der Waals surface area contributed by atoms with Gasteiger partial charge in [-0.3, -0.25) is 5.43 Å². The number of rotatable bonds is 16. The van der Waals surface area contributed by atoms with Gasteiger partial charge in [0.1, 0.15) is 11.3 Å². The molecule has 0 amide bonds. The summed E-state index contributed by atoms with van der Waals surface area (Å²) >= 11 is 0. The first-order valence-electron chi connectivity index (χ1n) is 44.9. The van der Waals surface area contributed by atoms with Crippen molar-refractivity contribution in [2.45, 2.75) is 209 Å². The molecule has 16 heteroatoms. The van der Waals surface area contributed by atoms with Gasteiger partial charge >= 0.3 is 0 Å². The summed E-state index contributed by atoms with van der Waals surface area (Å²) in [5.74, 6) is 1.62. The standard InChI is InChI=1S/C112H122N16/c1-105(2,3)66-33-49-74(50-34-66)113-87-65-86-88(92(115-76-53-37-68(38-54-76)107(7,8)9)91(87)114-75-51-35-67(36-52-75)106(4,5)6)100-122-99(86)126-104-85-32-28-27-31-84(85)103(128(104)127-81-63-47-73(48-64-81)112(22,23)24)125-98-83-30-26-25-29-82(83)97(120-98)121-101-89-90(102(123-100)124-101)94(117-78-57-41-70(42-58-78)109(13,14)15)96(119-80-61-45-72(46-62-80)111(19,20)21)95(118-79-59-43-71(44-60-79)110(16,17)18)93(89)116-77-55-39-69(40-56-77)108(10,11)12/h25-65,113-119,127H,1-24H3,(H,120,121,122,123,124,125,126). The van der Waals surface area contributed by atoms with Crippen molar-refractivity contribution in [2.75, 3.05) is 42.6 Å². The van der Waals surface area contributed by atoms with Crippen LogP contribution in [0.25, 0.3) is 89.7 Å². The summed E-state index contributed by atoms with van der Waals surface area (Å²) in [4.78, 5) is 39.9. The summed E-state index contributed by atoms with van der Waals surface area (Å²) in [6, 6.07) is 89.0. The Morgan fingerprint density at radius 2 is 0.477 bits per heavy atom. The lowest BCUT2D eigenvalue weighted by molar-refractivity contribution is 0.590. The third kappa shape index (κ3) is 17.7. The third-order valence-electron chi connectivity index (χ3n) is 24.7. The van der Waals surface area contributed by atoms with Crippen molar-refractivity contribution in [3.63, 3.8) is 0 Å². The smallest absolute Gasteiger partial charge is 0.166 e. The van der Waals surface area contributed by atoms with Crippen LogP contribution in [0, 0.1) is 0 Å². The van der Waals surface area contributed by atoms with E-state index in [0.717, 1.165) is 78.8 Å². The van der Waals surface area contributed by atoms with Crippen LogP contribution in [0.2, 0.25) is 0 Å². The minimum absolute atomic E-state index is 0.104. The van der Waals surface area contributed by atoms with E-state index in [0.29, 0.717) is 96.2 Å². The van der Waals surface area contributed by atoms with Gasteiger partial charge in [-0.1, -0.05) is 312 Å². The molecule has 0 atom stereocenters. The molecule has 0 radical (unpaired) electrons. The third-order valence-corrected chi connectivity index (χ3v) is 24.7. The molecule has 2 aliphatic heterocycles. The van der Waals surface area contributed by atoms with Gasteiger partial charge in [-0.25, -0.2) is 34.6 Å². The summed E-state index contributed by atoms with van der Waals surface area (Å²) in [6.07, 6.45) is 0. The number of benzene rings is 12. The fraction of sp³-hybridized carbons (Fsp3) is 0.286. The average molecular weight is 1690 g/mol. The molecule has 0 fully saturated rings. The number of hydrogen-bond donors (Lipinski definition) is 9. The van der Waals surface area contributed by atoms with Gasteiger partial charge in [0.15, 0.2) is 34.6 Å². The lowest BCUT2D eigenvalue weighted by Gasteiger charge is -2.26. The van der Waals surface area contributed by atoms with Crippen LogP contribution in [-0.4, -0.2) is 39.6 Å². The van der Waals surface area contributed by atoms with Gasteiger partial charge in [0.25, 0.3) is 0 Å². The number of nitrogens with zero attached hydrogens (tertiary/aromatic N) is 7. The van der Waals surface area contributed by atoms with E-state index in [-0.39, 0.29) is 43.3 Å². The van der Waals surface area contributed by atoms with E-state index in [1.54, 1.807) is 0 Å². The van der Waals surface area contributed by atoms with Crippen molar-refractivity contribution in [2.24, 2.45) is 0 Å². The Balaban J connectivity index is 1.09. The Hall–Kier alpha value is -13.6. The van der Waals surface area contributed by atoms with E-state index in [4.69, 9.17) is 29.9 Å². The second-order valence-corrected chi connectivity index (χ2v) is 42.8. The van der Waals surface area contributed by atoms with Crippen LogP contribution in [0.15, 0.2) is 249 Å². The molecule has 128 heavy (non-hydrogen) atoms. The van der Waals surface area contributed by atoms with Crippen LogP contribution < -0.4 is 42.6 Å². The van der Waals surface area contributed by atoms with Crippen molar-refractivity contribution in [1.82, 2.24) is 39.6 Å². The summed E-state index contributed by atoms with van der Waals surface area (Å²) in [5.41, 5.74) is 29.1. The predicted octanol–water partition coefficient (Wildman–Crippen LogP) is 30.8. The van der Waals surface area contributed by atoms with Gasteiger partial charge in [0.05, 0.1) is 61.8 Å². The molecule has 5 heterocycles. The summed E-state index contributed by atoms with van der Waals surface area (Å²) in [6.45, 7) is 54.0. The average Bonchev–Trinajstić information content (AvgIpc) is 1.53. The van der Waals surface area contributed by atoms with Crippen LogP contribution >= 0.6 is 0 Å². The van der Waals surface area contributed by atoms with E-state index in [2.05, 4.69) is 450 Å². The Morgan fingerprint density at radius 3 is 0.797 bits per heavy atom. The molecular formula is C112H122N16. The number of hydrogen-bond acceptors (Lipinski definition) is 14. The highest BCUT2D eigenvalue weighted by atomic mass is 15.4. The molecular weight excluding hydrogens is 1570 g/mol. The molecule has 0 spiro atoms. The van der Waals surface area contributed by atoms with Gasteiger partial charge in [-0.2, -0.15) is 0 Å². The molecule has 0 saturated carbocycles. The SMILES string of the molecule is CC(C)(C)c1ccc(Nc2cc3c(c(Nc4ccc(C(C)(C)C)cc4)c2Nc2ccc(C(C)(C)C)cc2)-c2nc-3nc3c4ccccc4c(nc4nc(nc5[nH]c(n2)c2c(Nc6ccc(C(C)(C)C)cc6)c(Nc6ccc(C(C)(C)C)cc6)c(Nc6ccc(C(C)(C)C)cc6)c(Nc6ccc(C(C)(C)C)cc6)c52)-c2ccccc2-4)n3Nc2ccc(C(C)(C)C)cc2)cc1. The maximum Gasteiger partial charge on any atom is 0.166 e. The zero-order chi connectivity index (χ0) is 90.7. The minimum Gasteiger partial charge on any atom is -0.354 e. The van der Waals surface area contributed by atoms with Gasteiger partial charge < -0.3 is 42.2 Å². The Kier molecular flexibility index (Phi) is 21.9. The first-order valence-corrected chi connectivity index (χ1v) is 44.9. The summed E-state index contributed by atoms with van der Waals surface area (Å²) in [7, 11) is 0. The molecule has 15 aromatic rings. The monoisotopic (exact) mass is 1690 g/mol. The quantitative estimate of drug-likeness (QED) is 0.0443. The maximum atomic E-state index is 6.27. The van der Waals surface area contributed by atoms with Crippen LogP contribution in [-0.2, 0) is 43.3 Å². The van der Waals surface area contributed by atoms with Crippen molar-refractivity contribution < 1.29 is 0 Å². The molecule has 0 saturated heterocycles. The number of aromatic nitrogens is 8. The van der Waals surface area contributed by atoms with Crippen molar-refractivity contribution in [3.05, 3.63) is 293 Å². The van der Waals surface area contributed by atoms with Crippen LogP contribution in [0.4, 0.5) is 85.3 Å². The number of anilines is 15. The minimum atomic E-state index is -0.150. The normalized spacial score (nSPS) is 12.7. The summed E-state index contributed by atoms with van der Waals surface area (Å²) in [5, 5.41) is 31.9. The van der Waals surface area contributed by atoms with Crippen LogP contribution in [0.1, 0.15) is 211 Å². The van der Waals surface area contributed by atoms with E-state index >= 15 is 0 Å². The Morgan fingerprint density at radius 1 is 0.227 bits per heavy atom. The van der Waals surface area contributed by atoms with Gasteiger partial charge in [-0.05, 0) is 191 Å². The zero-order valence-corrected chi connectivity index (χ0v) is 78.8. The number of fused-ring (bicyclic) bond motifs is 20. The second-order valence-electron chi connectivity index (χ2n) is 42.8. The second kappa shape index (κ2) is 32.4. The lowest BCUT2D eigenvalue weighted by Crippen LogP contribution is -2.13. The van der Waals surface area contributed by atoms with Gasteiger partial charge in [0, 0.05) is 67.3 Å². The molecule has 3 aromatic heterocycles. The molecule has 9 N–H and O–H groups in total.